The summed E-state index contributed by atoms with van der Waals surface area (Å²) in [6.45, 7) is 3.99. The van der Waals surface area contributed by atoms with Crippen LogP contribution in [0.15, 0.2) is 12.2 Å². The van der Waals surface area contributed by atoms with Crippen LogP contribution in [0, 0.1) is 0 Å². The molecule has 0 rings (SSSR count). The minimum atomic E-state index is -4.08. The normalized spacial score (nSPS) is 14.7. The van der Waals surface area contributed by atoms with Crippen LogP contribution in [0.1, 0.15) is 129 Å². The van der Waals surface area contributed by atoms with Crippen molar-refractivity contribution < 1.29 is 32.5 Å². The molecule has 240 valence electrons. The van der Waals surface area contributed by atoms with Crippen LogP contribution < -0.4 is 0 Å². The number of allylic oxidation sites excluding steroid dienone is 2. The number of unbranched alkanes of at least 4 members (excludes halogenated alkanes) is 17. The summed E-state index contributed by atoms with van der Waals surface area (Å²) < 4.78 is 33.7. The molecule has 2 atom stereocenters. The number of hydrogen-bond acceptors (Lipinski definition) is 5. The van der Waals surface area contributed by atoms with E-state index in [1.54, 1.807) is 7.11 Å². The molecule has 40 heavy (non-hydrogen) atoms. The van der Waals surface area contributed by atoms with Crippen LogP contribution in [-0.2, 0) is 23.1 Å². The van der Waals surface area contributed by atoms with E-state index in [9.17, 15) is 9.46 Å². The van der Waals surface area contributed by atoms with E-state index >= 15 is 0 Å². The Kier molecular flexibility index (Phi) is 27.4. The second-order valence-electron chi connectivity index (χ2n) is 12.2. The van der Waals surface area contributed by atoms with Crippen molar-refractivity contribution in [1.29, 1.82) is 0 Å². The van der Waals surface area contributed by atoms with Crippen molar-refractivity contribution in [2.45, 2.75) is 135 Å². The number of quaternary nitrogens is 1. The lowest BCUT2D eigenvalue weighted by Crippen LogP contribution is -2.37. The highest BCUT2D eigenvalue weighted by Gasteiger charge is 2.24. The molecule has 0 aromatic carbocycles. The van der Waals surface area contributed by atoms with Crippen molar-refractivity contribution in [2.75, 3.05) is 61.2 Å². The molecular formula is C32H67NO6P+. The molecular weight excluding hydrogens is 525 g/mol. The van der Waals surface area contributed by atoms with Gasteiger partial charge >= 0.3 is 7.82 Å². The van der Waals surface area contributed by atoms with E-state index in [1.165, 1.54) is 103 Å². The van der Waals surface area contributed by atoms with Gasteiger partial charge in [0.15, 0.2) is 0 Å². The fourth-order valence-electron chi connectivity index (χ4n) is 4.38. The van der Waals surface area contributed by atoms with Crippen LogP contribution in [0.3, 0.4) is 0 Å². The zero-order chi connectivity index (χ0) is 29.8. The Hall–Kier alpha value is -0.270. The van der Waals surface area contributed by atoms with Gasteiger partial charge in [0.05, 0.1) is 34.4 Å². The van der Waals surface area contributed by atoms with Crippen molar-refractivity contribution in [1.82, 2.24) is 0 Å². The third-order valence-corrected chi connectivity index (χ3v) is 8.11. The summed E-state index contributed by atoms with van der Waals surface area (Å²) in [7, 11) is 3.43. The average molecular weight is 593 g/mol. The average Bonchev–Trinajstić information content (AvgIpc) is 2.90. The first-order valence-corrected chi connectivity index (χ1v) is 17.9. The van der Waals surface area contributed by atoms with Crippen LogP contribution in [0.25, 0.3) is 0 Å². The second kappa shape index (κ2) is 27.6. The maximum Gasteiger partial charge on any atom is 0.472 e. The van der Waals surface area contributed by atoms with Gasteiger partial charge in [-0.25, -0.2) is 4.57 Å². The molecule has 7 nitrogen and oxygen atoms in total. The largest absolute Gasteiger partial charge is 0.472 e. The van der Waals surface area contributed by atoms with Gasteiger partial charge in [0.25, 0.3) is 0 Å². The molecule has 0 aliphatic heterocycles. The lowest BCUT2D eigenvalue weighted by molar-refractivity contribution is -0.870. The van der Waals surface area contributed by atoms with Gasteiger partial charge in [-0.3, -0.25) is 9.05 Å². The molecule has 0 radical (unpaired) electrons. The number of likely N-dealkylation sites (N-methyl/N-ethyl adjacent to an activating group) is 1. The number of phosphoric ester groups is 1. The summed E-state index contributed by atoms with van der Waals surface area (Å²) in [6.07, 6.45) is 29.7. The number of ether oxygens (including phenoxy) is 2. The topological polar surface area (TPSA) is 74.2 Å². The number of phosphoric acid groups is 1. The monoisotopic (exact) mass is 592 g/mol. The van der Waals surface area contributed by atoms with Gasteiger partial charge in [-0.1, -0.05) is 109 Å². The number of methoxy groups -OCH3 is 1. The summed E-state index contributed by atoms with van der Waals surface area (Å²) >= 11 is 0. The van der Waals surface area contributed by atoms with Crippen molar-refractivity contribution in [3.63, 3.8) is 0 Å². The van der Waals surface area contributed by atoms with Gasteiger partial charge in [0.2, 0.25) is 0 Å². The Morgan fingerprint density at radius 2 is 1.15 bits per heavy atom. The molecule has 0 aliphatic rings. The molecule has 0 aromatic heterocycles. The third-order valence-electron chi connectivity index (χ3n) is 7.13. The zero-order valence-electron chi connectivity index (χ0n) is 27.1. The minimum absolute atomic E-state index is 0.0429. The van der Waals surface area contributed by atoms with E-state index in [0.29, 0.717) is 24.2 Å². The molecule has 0 saturated carbocycles. The summed E-state index contributed by atoms with van der Waals surface area (Å²) in [5.74, 6) is 0. The Labute approximate surface area is 248 Å². The highest BCUT2D eigenvalue weighted by molar-refractivity contribution is 7.47. The number of nitrogens with zero attached hydrogens (tertiary/aromatic N) is 1. The third kappa shape index (κ3) is 30.7. The Balaban J connectivity index is 3.47. The molecule has 0 aromatic rings. The minimum Gasteiger partial charge on any atom is -0.379 e. The lowest BCUT2D eigenvalue weighted by atomic mass is 10.0. The molecule has 0 fully saturated rings. The molecule has 0 bridgehead atoms. The van der Waals surface area contributed by atoms with Crippen LogP contribution >= 0.6 is 7.82 Å². The molecule has 0 amide bonds. The maximum atomic E-state index is 12.0. The van der Waals surface area contributed by atoms with Gasteiger partial charge in [-0.2, -0.15) is 0 Å². The summed E-state index contributed by atoms with van der Waals surface area (Å²) in [4.78, 5) is 9.81. The van der Waals surface area contributed by atoms with Crippen molar-refractivity contribution >= 4 is 7.82 Å². The SMILES string of the molecule is CCCCCCCCCCCCCCCCC=CCCCCCOC[C@H](COP(=O)(O)OCC[N+](C)(C)C)OC. The first-order valence-electron chi connectivity index (χ1n) is 16.4. The van der Waals surface area contributed by atoms with E-state index in [1.807, 2.05) is 21.1 Å². The van der Waals surface area contributed by atoms with Crippen molar-refractivity contribution in [2.24, 2.45) is 0 Å². The van der Waals surface area contributed by atoms with E-state index in [0.717, 1.165) is 19.3 Å². The Morgan fingerprint density at radius 1 is 0.675 bits per heavy atom. The highest BCUT2D eigenvalue weighted by atomic mass is 31.2. The quantitative estimate of drug-likeness (QED) is 0.0375. The standard InChI is InChI=1S/C32H66NO6P/c1-6-7-8-9-10-11-12-13-14-15-16-17-18-19-20-21-22-23-24-25-26-28-37-30-32(36-5)31-39-40(34,35)38-29-27-33(2,3)4/h21-22,32H,6-20,23-31H2,1-5H3/p+1/t32-/m1/s1. The van der Waals surface area contributed by atoms with Crippen LogP contribution in [0.5, 0.6) is 0 Å². The second-order valence-corrected chi connectivity index (χ2v) is 13.7. The highest BCUT2D eigenvalue weighted by Crippen LogP contribution is 2.43. The van der Waals surface area contributed by atoms with E-state index in [2.05, 4.69) is 19.1 Å². The van der Waals surface area contributed by atoms with Crippen LogP contribution in [0.4, 0.5) is 0 Å². The van der Waals surface area contributed by atoms with Gasteiger partial charge in [-0.05, 0) is 32.1 Å². The fourth-order valence-corrected chi connectivity index (χ4v) is 5.12. The molecule has 1 N–H and O–H groups in total. The van der Waals surface area contributed by atoms with Crippen molar-refractivity contribution in [3.05, 3.63) is 12.2 Å². The van der Waals surface area contributed by atoms with Crippen LogP contribution in [-0.4, -0.2) is 76.7 Å². The van der Waals surface area contributed by atoms with Crippen LogP contribution in [0.2, 0.25) is 0 Å². The zero-order valence-corrected chi connectivity index (χ0v) is 28.0. The van der Waals surface area contributed by atoms with Gasteiger partial charge < -0.3 is 18.9 Å². The van der Waals surface area contributed by atoms with E-state index in [4.69, 9.17) is 18.5 Å². The molecule has 0 heterocycles. The predicted molar refractivity (Wildman–Crippen MR) is 169 cm³/mol. The molecule has 8 heteroatoms. The Bertz CT molecular complexity index is 611. The number of rotatable bonds is 31. The van der Waals surface area contributed by atoms with E-state index in [-0.39, 0.29) is 13.2 Å². The maximum absolute atomic E-state index is 12.0. The first kappa shape index (κ1) is 39.7. The van der Waals surface area contributed by atoms with Gasteiger partial charge in [0, 0.05) is 13.7 Å². The molecule has 0 aliphatic carbocycles. The first-order chi connectivity index (χ1) is 19.2. The molecule has 1 unspecified atom stereocenters. The predicted octanol–water partition coefficient (Wildman–Crippen LogP) is 8.85. The summed E-state index contributed by atoms with van der Waals surface area (Å²) in [6, 6.07) is 0. The lowest BCUT2D eigenvalue weighted by Gasteiger charge is -2.24. The van der Waals surface area contributed by atoms with E-state index < -0.39 is 13.9 Å². The van der Waals surface area contributed by atoms with Gasteiger partial charge in [0.1, 0.15) is 19.3 Å². The van der Waals surface area contributed by atoms with Gasteiger partial charge in [-0.15, -0.1) is 0 Å². The van der Waals surface area contributed by atoms with Crippen molar-refractivity contribution in [3.8, 4) is 0 Å². The summed E-state index contributed by atoms with van der Waals surface area (Å²) in [5.41, 5.74) is 0. The number of hydrogen-bond donors (Lipinski definition) is 1. The molecule has 0 saturated heterocycles. The molecule has 0 spiro atoms. The fraction of sp³-hybridized carbons (Fsp3) is 0.938. The smallest absolute Gasteiger partial charge is 0.379 e. The summed E-state index contributed by atoms with van der Waals surface area (Å²) in [5, 5.41) is 0. The Morgan fingerprint density at radius 3 is 1.62 bits per heavy atom.